The summed E-state index contributed by atoms with van der Waals surface area (Å²) >= 11 is 0. The van der Waals surface area contributed by atoms with Gasteiger partial charge in [-0.25, -0.2) is 4.79 Å². The molecule has 0 saturated carbocycles. The minimum atomic E-state index is -0.868. The SMILES string of the molecule is Cc1ccc(C(=O)NCc2cccc(CC(C)NC[C@H](O)c3ccc(O)c4[nH]c(=O)ccc34)c2)cc1N(C)C(=O)CCN1CCC(OC(=O)Nc2ccccc2-c2ccccc2)CC1. The van der Waals surface area contributed by atoms with E-state index in [1.54, 1.807) is 36.2 Å². The van der Waals surface area contributed by atoms with Gasteiger partial charge in [0.25, 0.3) is 5.91 Å². The lowest BCUT2D eigenvalue weighted by molar-refractivity contribution is -0.118. The Bertz CT molecular complexity index is 2640. The molecule has 64 heavy (non-hydrogen) atoms. The van der Waals surface area contributed by atoms with Gasteiger partial charge >= 0.3 is 6.09 Å². The van der Waals surface area contributed by atoms with E-state index < -0.39 is 12.2 Å². The average molecular weight is 865 g/mol. The van der Waals surface area contributed by atoms with Gasteiger partial charge in [-0.05, 0) is 91.3 Å². The van der Waals surface area contributed by atoms with E-state index in [1.165, 1.54) is 12.1 Å². The molecule has 6 N–H and O–H groups in total. The third-order valence-corrected chi connectivity index (χ3v) is 11.8. The molecule has 13 nitrogen and oxygen atoms in total. The molecule has 2 heterocycles. The zero-order chi connectivity index (χ0) is 45.2. The number of aryl methyl sites for hydroxylation is 1. The number of anilines is 2. The van der Waals surface area contributed by atoms with Crippen LogP contribution in [-0.4, -0.2) is 83.4 Å². The molecule has 3 amide bonds. The number of pyridine rings is 1. The quantitative estimate of drug-likeness (QED) is 0.0577. The number of hydrogen-bond acceptors (Lipinski definition) is 9. The van der Waals surface area contributed by atoms with Gasteiger partial charge in [-0.3, -0.25) is 19.7 Å². The number of nitrogens with one attached hydrogen (secondary N) is 4. The van der Waals surface area contributed by atoms with E-state index in [0.29, 0.717) is 85.3 Å². The molecular formula is C51H56N6O7. The molecule has 1 aliphatic rings. The summed E-state index contributed by atoms with van der Waals surface area (Å²) in [5.41, 5.74) is 7.18. The number of aromatic amines is 1. The van der Waals surface area contributed by atoms with Crippen LogP contribution in [0.3, 0.4) is 0 Å². The maximum Gasteiger partial charge on any atom is 0.411 e. The Morgan fingerprint density at radius 2 is 1.64 bits per heavy atom. The Labute approximate surface area is 373 Å². The van der Waals surface area contributed by atoms with Gasteiger partial charge in [0.15, 0.2) is 0 Å². The summed E-state index contributed by atoms with van der Waals surface area (Å²) in [6.45, 7) is 6.51. The third-order valence-electron chi connectivity index (χ3n) is 11.8. The number of phenols is 1. The highest BCUT2D eigenvalue weighted by molar-refractivity contribution is 5.98. The van der Waals surface area contributed by atoms with Crippen LogP contribution in [0.25, 0.3) is 22.0 Å². The summed E-state index contributed by atoms with van der Waals surface area (Å²) < 4.78 is 5.80. The van der Waals surface area contributed by atoms with Crippen molar-refractivity contribution in [3.63, 3.8) is 0 Å². The molecule has 0 spiro atoms. The average Bonchev–Trinajstić information content (AvgIpc) is 3.30. The highest BCUT2D eigenvalue weighted by Crippen LogP contribution is 2.30. The van der Waals surface area contributed by atoms with E-state index in [4.69, 9.17) is 4.74 Å². The van der Waals surface area contributed by atoms with Crippen molar-refractivity contribution < 1.29 is 29.3 Å². The lowest BCUT2D eigenvalue weighted by atomic mass is 10.0. The first-order valence-corrected chi connectivity index (χ1v) is 21.8. The number of benzene rings is 5. The topological polar surface area (TPSA) is 176 Å². The van der Waals surface area contributed by atoms with E-state index in [2.05, 4.69) is 25.8 Å². The van der Waals surface area contributed by atoms with Gasteiger partial charge in [0, 0.05) is 80.5 Å². The third kappa shape index (κ3) is 11.6. The first-order chi connectivity index (χ1) is 30.9. The zero-order valence-corrected chi connectivity index (χ0v) is 36.5. The van der Waals surface area contributed by atoms with Crippen LogP contribution in [0.2, 0.25) is 0 Å². The van der Waals surface area contributed by atoms with Crippen LogP contribution in [0.5, 0.6) is 5.75 Å². The van der Waals surface area contributed by atoms with E-state index in [9.17, 15) is 29.4 Å². The lowest BCUT2D eigenvalue weighted by Crippen LogP contribution is -2.40. The fourth-order valence-corrected chi connectivity index (χ4v) is 8.22. The molecule has 0 radical (unpaired) electrons. The summed E-state index contributed by atoms with van der Waals surface area (Å²) in [5, 5.41) is 31.1. The predicted molar refractivity (Wildman–Crippen MR) is 251 cm³/mol. The number of hydrogen-bond donors (Lipinski definition) is 6. The normalized spacial score (nSPS) is 14.1. The van der Waals surface area contributed by atoms with Crippen LogP contribution in [0.1, 0.15) is 64.9 Å². The molecule has 332 valence electrons. The molecule has 13 heteroatoms. The first kappa shape index (κ1) is 45.2. The molecular weight excluding hydrogens is 809 g/mol. The number of likely N-dealkylation sites (tertiary alicyclic amines) is 1. The van der Waals surface area contributed by atoms with Crippen molar-refractivity contribution in [1.29, 1.82) is 0 Å². The second-order valence-corrected chi connectivity index (χ2v) is 16.5. The summed E-state index contributed by atoms with van der Waals surface area (Å²) in [4.78, 5) is 58.0. The Kier molecular flexibility index (Phi) is 14.9. The number of ether oxygens (including phenoxy) is 1. The summed E-state index contributed by atoms with van der Waals surface area (Å²) in [6.07, 6.45) is 0.767. The summed E-state index contributed by atoms with van der Waals surface area (Å²) in [7, 11) is 1.74. The molecule has 2 atom stereocenters. The van der Waals surface area contributed by atoms with Crippen molar-refractivity contribution in [3.8, 4) is 16.9 Å². The largest absolute Gasteiger partial charge is 0.506 e. The fraction of sp³-hybridized carbons (Fsp3) is 0.294. The van der Waals surface area contributed by atoms with Crippen molar-refractivity contribution in [1.82, 2.24) is 20.5 Å². The number of carbonyl (C=O) groups excluding carboxylic acids is 3. The number of phenolic OH excluding ortho intramolecular Hbond substituents is 1. The van der Waals surface area contributed by atoms with Crippen molar-refractivity contribution >= 4 is 40.2 Å². The number of para-hydroxylation sites is 1. The van der Waals surface area contributed by atoms with Crippen molar-refractivity contribution in [2.24, 2.45) is 0 Å². The number of rotatable bonds is 16. The molecule has 1 saturated heterocycles. The van der Waals surface area contributed by atoms with Gasteiger partial charge in [-0.1, -0.05) is 84.9 Å². The summed E-state index contributed by atoms with van der Waals surface area (Å²) in [5.74, 6) is -0.363. The molecule has 0 aliphatic carbocycles. The molecule has 1 aliphatic heterocycles. The first-order valence-electron chi connectivity index (χ1n) is 21.8. The Morgan fingerprint density at radius 1 is 0.891 bits per heavy atom. The van der Waals surface area contributed by atoms with Crippen LogP contribution in [0.15, 0.2) is 126 Å². The molecule has 1 fully saturated rings. The monoisotopic (exact) mass is 864 g/mol. The van der Waals surface area contributed by atoms with E-state index in [1.807, 2.05) is 98.8 Å². The molecule has 1 unspecified atom stereocenters. The number of aromatic nitrogens is 1. The van der Waals surface area contributed by atoms with E-state index in [0.717, 1.165) is 27.8 Å². The van der Waals surface area contributed by atoms with Gasteiger partial charge in [-0.2, -0.15) is 0 Å². The number of aliphatic hydroxyl groups excluding tert-OH is 1. The van der Waals surface area contributed by atoms with Crippen LogP contribution in [0.4, 0.5) is 16.2 Å². The number of amides is 3. The van der Waals surface area contributed by atoms with E-state index >= 15 is 0 Å². The highest BCUT2D eigenvalue weighted by atomic mass is 16.6. The molecule has 1 aromatic heterocycles. The fourth-order valence-electron chi connectivity index (χ4n) is 8.22. The maximum absolute atomic E-state index is 13.4. The molecule has 7 rings (SSSR count). The van der Waals surface area contributed by atoms with E-state index in [-0.39, 0.29) is 41.8 Å². The van der Waals surface area contributed by atoms with Crippen LogP contribution < -0.4 is 26.4 Å². The van der Waals surface area contributed by atoms with Gasteiger partial charge in [-0.15, -0.1) is 0 Å². The number of fused-ring (bicyclic) bond motifs is 1. The number of aromatic hydroxyl groups is 1. The lowest BCUT2D eigenvalue weighted by Gasteiger charge is -2.32. The number of carbonyl (C=O) groups is 3. The molecule has 5 aromatic carbocycles. The van der Waals surface area contributed by atoms with Crippen molar-refractivity contribution in [2.75, 3.05) is 43.4 Å². The zero-order valence-electron chi connectivity index (χ0n) is 36.5. The van der Waals surface area contributed by atoms with Crippen LogP contribution >= 0.6 is 0 Å². The van der Waals surface area contributed by atoms with Crippen molar-refractivity contribution in [3.05, 3.63) is 159 Å². The van der Waals surface area contributed by atoms with Crippen LogP contribution in [0, 0.1) is 6.92 Å². The number of piperidine rings is 1. The number of H-pyrrole nitrogens is 1. The van der Waals surface area contributed by atoms with Gasteiger partial charge in [0.2, 0.25) is 11.5 Å². The van der Waals surface area contributed by atoms with Crippen molar-refractivity contribution in [2.45, 2.75) is 64.3 Å². The highest BCUT2D eigenvalue weighted by Gasteiger charge is 2.24. The Hall–Kier alpha value is -6.80. The minimum absolute atomic E-state index is 0.00951. The van der Waals surface area contributed by atoms with Gasteiger partial charge < -0.3 is 40.4 Å². The van der Waals surface area contributed by atoms with Gasteiger partial charge in [0.05, 0.1) is 17.3 Å². The smallest absolute Gasteiger partial charge is 0.411 e. The maximum atomic E-state index is 13.4. The Morgan fingerprint density at radius 3 is 2.44 bits per heavy atom. The predicted octanol–water partition coefficient (Wildman–Crippen LogP) is 7.46. The van der Waals surface area contributed by atoms with Crippen LogP contribution in [-0.2, 0) is 22.5 Å². The number of aliphatic hydroxyl groups is 1. The second-order valence-electron chi connectivity index (χ2n) is 16.5. The standard InChI is InChI=1S/C51H56N6O7/c1-33-16-17-38(50(62)53-31-36-11-9-10-35(29-36)28-34(2)52-32-46(59)41-18-20-45(58)49-42(41)19-21-47(60)55-49)30-44(33)56(3)48(61)24-27-57-25-22-39(23-26-57)64-51(63)54-43-15-8-7-14-40(43)37-12-5-4-6-13-37/h4-21,29-30,34,39,46,52,58-59H,22-28,31-32H2,1-3H3,(H,53,62)(H,54,63)(H,55,60)/t34?,46-/m0/s1. The minimum Gasteiger partial charge on any atom is -0.506 e. The van der Waals surface area contributed by atoms with Gasteiger partial charge in [0.1, 0.15) is 11.9 Å². The molecule has 6 aromatic rings. The second kappa shape index (κ2) is 21.0. The molecule has 0 bridgehead atoms. The Balaban J connectivity index is 0.842. The number of nitrogens with zero attached hydrogens (tertiary/aromatic N) is 2. The summed E-state index contributed by atoms with van der Waals surface area (Å²) in [6, 6.07) is 37.0.